The summed E-state index contributed by atoms with van der Waals surface area (Å²) in [5.74, 6) is 1.76. The minimum atomic E-state index is -0.260. The fourth-order valence-electron chi connectivity index (χ4n) is 3.52. The Kier molecular flexibility index (Phi) is 5.21. The molecular weight excluding hydrogens is 356 g/mol. The van der Waals surface area contributed by atoms with Crippen LogP contribution in [0.25, 0.3) is 0 Å². The van der Waals surface area contributed by atoms with Crippen LogP contribution in [0.15, 0.2) is 41.0 Å². The van der Waals surface area contributed by atoms with Gasteiger partial charge in [0.2, 0.25) is 0 Å². The SMILES string of the molecule is Cc1cccc(CN2CCc3nnc([C@H](C)NC(=O)c4ccco4)n3CC2)n1. The van der Waals surface area contributed by atoms with E-state index in [9.17, 15) is 4.79 Å². The van der Waals surface area contributed by atoms with Gasteiger partial charge < -0.3 is 14.3 Å². The Hall–Kier alpha value is -3.00. The maximum absolute atomic E-state index is 12.3. The third-order valence-electron chi connectivity index (χ3n) is 4.96. The number of amides is 1. The van der Waals surface area contributed by atoms with Gasteiger partial charge in [-0.25, -0.2) is 0 Å². The molecule has 8 nitrogen and oxygen atoms in total. The second-order valence-corrected chi connectivity index (χ2v) is 7.09. The lowest BCUT2D eigenvalue weighted by Crippen LogP contribution is -2.30. The van der Waals surface area contributed by atoms with Crippen molar-refractivity contribution < 1.29 is 9.21 Å². The van der Waals surface area contributed by atoms with Crippen LogP contribution in [0.3, 0.4) is 0 Å². The number of furan rings is 1. The predicted molar refractivity (Wildman–Crippen MR) is 103 cm³/mol. The van der Waals surface area contributed by atoms with Crippen molar-refractivity contribution in [2.24, 2.45) is 0 Å². The molecule has 0 radical (unpaired) electrons. The van der Waals surface area contributed by atoms with Crippen LogP contribution in [0, 0.1) is 6.92 Å². The summed E-state index contributed by atoms with van der Waals surface area (Å²) in [4.78, 5) is 19.2. The molecule has 146 valence electrons. The molecule has 3 aromatic heterocycles. The molecule has 3 aromatic rings. The second kappa shape index (κ2) is 7.93. The Morgan fingerprint density at radius 3 is 2.89 bits per heavy atom. The molecule has 0 saturated heterocycles. The number of fused-ring (bicyclic) bond motifs is 1. The fourth-order valence-corrected chi connectivity index (χ4v) is 3.52. The van der Waals surface area contributed by atoms with Gasteiger partial charge in [-0.1, -0.05) is 6.07 Å². The van der Waals surface area contributed by atoms with Gasteiger partial charge in [-0.05, 0) is 38.1 Å². The average Bonchev–Trinajstić information content (AvgIpc) is 3.30. The van der Waals surface area contributed by atoms with E-state index in [2.05, 4.69) is 36.0 Å². The highest BCUT2D eigenvalue weighted by Gasteiger charge is 2.23. The lowest BCUT2D eigenvalue weighted by atomic mass is 10.3. The number of aryl methyl sites for hydroxylation is 1. The number of aromatic nitrogens is 4. The maximum atomic E-state index is 12.3. The molecule has 4 rings (SSSR count). The van der Waals surface area contributed by atoms with Crippen LogP contribution in [-0.4, -0.2) is 43.6 Å². The topological polar surface area (TPSA) is 89.1 Å². The molecule has 1 N–H and O–H groups in total. The molecule has 4 heterocycles. The monoisotopic (exact) mass is 380 g/mol. The van der Waals surface area contributed by atoms with Gasteiger partial charge in [0, 0.05) is 38.3 Å². The summed E-state index contributed by atoms with van der Waals surface area (Å²) in [6.45, 7) is 7.31. The lowest BCUT2D eigenvalue weighted by Gasteiger charge is -2.19. The highest BCUT2D eigenvalue weighted by Crippen LogP contribution is 2.17. The summed E-state index contributed by atoms with van der Waals surface area (Å²) in [6.07, 6.45) is 2.30. The zero-order chi connectivity index (χ0) is 19.5. The summed E-state index contributed by atoms with van der Waals surface area (Å²) < 4.78 is 7.28. The summed E-state index contributed by atoms with van der Waals surface area (Å²) in [7, 11) is 0. The van der Waals surface area contributed by atoms with Gasteiger partial charge in [0.05, 0.1) is 18.0 Å². The van der Waals surface area contributed by atoms with Crippen LogP contribution in [0.4, 0.5) is 0 Å². The minimum absolute atomic E-state index is 0.254. The van der Waals surface area contributed by atoms with Crippen molar-refractivity contribution in [2.75, 3.05) is 13.1 Å². The lowest BCUT2D eigenvalue weighted by molar-refractivity contribution is 0.0909. The molecule has 0 fully saturated rings. The Labute approximate surface area is 163 Å². The zero-order valence-electron chi connectivity index (χ0n) is 16.1. The first kappa shape index (κ1) is 18.4. The smallest absolute Gasteiger partial charge is 0.287 e. The molecule has 1 aliphatic heterocycles. The van der Waals surface area contributed by atoms with Crippen LogP contribution in [0.5, 0.6) is 0 Å². The second-order valence-electron chi connectivity index (χ2n) is 7.09. The molecule has 1 aliphatic rings. The maximum Gasteiger partial charge on any atom is 0.287 e. The van der Waals surface area contributed by atoms with Gasteiger partial charge in [0.25, 0.3) is 5.91 Å². The average molecular weight is 380 g/mol. The van der Waals surface area contributed by atoms with Crippen molar-refractivity contribution >= 4 is 5.91 Å². The number of carbonyl (C=O) groups excluding carboxylic acids is 1. The first-order chi connectivity index (χ1) is 13.6. The highest BCUT2D eigenvalue weighted by molar-refractivity contribution is 5.91. The first-order valence-corrected chi connectivity index (χ1v) is 9.51. The van der Waals surface area contributed by atoms with E-state index in [1.165, 1.54) is 6.26 Å². The largest absolute Gasteiger partial charge is 0.459 e. The van der Waals surface area contributed by atoms with E-state index in [-0.39, 0.29) is 11.9 Å². The molecule has 1 atom stereocenters. The molecule has 0 saturated carbocycles. The van der Waals surface area contributed by atoms with E-state index in [0.29, 0.717) is 5.76 Å². The number of carbonyl (C=O) groups is 1. The van der Waals surface area contributed by atoms with Crippen LogP contribution in [-0.2, 0) is 19.5 Å². The van der Waals surface area contributed by atoms with Crippen molar-refractivity contribution in [3.05, 3.63) is 65.4 Å². The summed E-state index contributed by atoms with van der Waals surface area (Å²) in [5, 5.41) is 11.6. The predicted octanol–water partition coefficient (Wildman–Crippen LogP) is 2.12. The van der Waals surface area contributed by atoms with Crippen molar-refractivity contribution in [1.82, 2.24) is 30.0 Å². The van der Waals surface area contributed by atoms with E-state index < -0.39 is 0 Å². The van der Waals surface area contributed by atoms with Crippen LogP contribution < -0.4 is 5.32 Å². The third kappa shape index (κ3) is 3.96. The minimum Gasteiger partial charge on any atom is -0.459 e. The molecule has 28 heavy (non-hydrogen) atoms. The van der Waals surface area contributed by atoms with Gasteiger partial charge >= 0.3 is 0 Å². The van der Waals surface area contributed by atoms with Gasteiger partial charge in [-0.15, -0.1) is 10.2 Å². The van der Waals surface area contributed by atoms with Crippen molar-refractivity contribution in [3.8, 4) is 0 Å². The van der Waals surface area contributed by atoms with E-state index in [0.717, 1.165) is 55.6 Å². The van der Waals surface area contributed by atoms with Crippen molar-refractivity contribution in [1.29, 1.82) is 0 Å². The van der Waals surface area contributed by atoms with Gasteiger partial charge in [-0.2, -0.15) is 0 Å². The van der Waals surface area contributed by atoms with E-state index in [1.807, 2.05) is 26.0 Å². The number of nitrogens with zero attached hydrogens (tertiary/aromatic N) is 5. The van der Waals surface area contributed by atoms with Gasteiger partial charge in [0.1, 0.15) is 5.82 Å². The van der Waals surface area contributed by atoms with Crippen LogP contribution in [0.2, 0.25) is 0 Å². The quantitative estimate of drug-likeness (QED) is 0.729. The summed E-state index contributed by atoms with van der Waals surface area (Å²) >= 11 is 0. The Balaban J connectivity index is 1.42. The first-order valence-electron chi connectivity index (χ1n) is 9.51. The van der Waals surface area contributed by atoms with Crippen LogP contribution in [0.1, 0.15) is 46.6 Å². The molecule has 0 aliphatic carbocycles. The molecule has 0 spiro atoms. The Bertz CT molecular complexity index is 950. The van der Waals surface area contributed by atoms with Crippen molar-refractivity contribution in [2.45, 2.75) is 39.4 Å². The highest BCUT2D eigenvalue weighted by atomic mass is 16.3. The zero-order valence-corrected chi connectivity index (χ0v) is 16.1. The number of nitrogens with one attached hydrogen (secondary N) is 1. The third-order valence-corrected chi connectivity index (χ3v) is 4.96. The molecule has 1 amide bonds. The summed E-state index contributed by atoms with van der Waals surface area (Å²) in [6, 6.07) is 9.20. The molecule has 0 bridgehead atoms. The van der Waals surface area contributed by atoms with E-state index in [1.54, 1.807) is 12.1 Å². The molecule has 0 aromatic carbocycles. The van der Waals surface area contributed by atoms with E-state index in [4.69, 9.17) is 4.42 Å². The molecule has 0 unspecified atom stereocenters. The molecule has 8 heteroatoms. The van der Waals surface area contributed by atoms with E-state index >= 15 is 0 Å². The number of rotatable bonds is 5. The van der Waals surface area contributed by atoms with Crippen LogP contribution >= 0.6 is 0 Å². The fraction of sp³-hybridized carbons (Fsp3) is 0.400. The molecular formula is C20H24N6O2. The van der Waals surface area contributed by atoms with Gasteiger partial charge in [-0.3, -0.25) is 14.7 Å². The van der Waals surface area contributed by atoms with Gasteiger partial charge in [0.15, 0.2) is 11.6 Å². The number of pyridine rings is 1. The standard InChI is InChI=1S/C20H24N6O2/c1-14-5-3-6-16(21-14)13-25-9-8-18-23-24-19(26(18)11-10-25)15(2)22-20(27)17-7-4-12-28-17/h3-7,12,15H,8-11,13H2,1-2H3,(H,22,27)/t15-/m0/s1. The normalized spacial score (nSPS) is 15.6. The Morgan fingerprint density at radius 2 is 2.11 bits per heavy atom. The number of hydrogen-bond donors (Lipinski definition) is 1. The Morgan fingerprint density at radius 1 is 1.21 bits per heavy atom. The number of hydrogen-bond acceptors (Lipinski definition) is 6. The van der Waals surface area contributed by atoms with Crippen molar-refractivity contribution in [3.63, 3.8) is 0 Å². The summed E-state index contributed by atoms with van der Waals surface area (Å²) in [5.41, 5.74) is 2.12.